The fraction of sp³-hybridized carbons (Fsp3) is 0.562. The highest BCUT2D eigenvalue weighted by Crippen LogP contribution is 2.29. The Kier molecular flexibility index (Phi) is 6.06. The molecule has 1 fully saturated rings. The van der Waals surface area contributed by atoms with Gasteiger partial charge in [0, 0.05) is 31.1 Å². The minimum Gasteiger partial charge on any atom is -0.356 e. The maximum absolute atomic E-state index is 13.0. The van der Waals surface area contributed by atoms with E-state index in [-0.39, 0.29) is 11.9 Å². The molecule has 1 aliphatic heterocycles. The maximum atomic E-state index is 13.0. The summed E-state index contributed by atoms with van der Waals surface area (Å²) in [4.78, 5) is 11.3. The number of rotatable bonds is 5. The molecule has 5 nitrogen and oxygen atoms in total. The van der Waals surface area contributed by atoms with Crippen LogP contribution in [0.2, 0.25) is 5.02 Å². The molecule has 23 heavy (non-hydrogen) atoms. The molecule has 0 unspecified atom stereocenters. The van der Waals surface area contributed by atoms with Gasteiger partial charge >= 0.3 is 0 Å². The van der Waals surface area contributed by atoms with Crippen molar-refractivity contribution in [2.45, 2.75) is 50.5 Å². The lowest BCUT2D eigenvalue weighted by atomic mass is 10.0. The molecule has 1 N–H and O–H groups in total. The molecule has 0 radical (unpaired) electrons. The van der Waals surface area contributed by atoms with Crippen LogP contribution in [-0.2, 0) is 14.8 Å². The van der Waals surface area contributed by atoms with Gasteiger partial charge in [-0.1, -0.05) is 18.0 Å². The SMILES string of the molecule is CC(=O)NCC[C@H]1CCCCN1S(=O)(=O)c1ccc(Cl)cc1C. The number of benzene rings is 1. The van der Waals surface area contributed by atoms with Gasteiger partial charge in [0.1, 0.15) is 0 Å². The van der Waals surface area contributed by atoms with Crippen LogP contribution in [0, 0.1) is 6.92 Å². The highest BCUT2D eigenvalue weighted by atomic mass is 35.5. The average Bonchev–Trinajstić information content (AvgIpc) is 2.46. The second-order valence-corrected chi connectivity index (χ2v) is 8.24. The predicted molar refractivity (Wildman–Crippen MR) is 91.0 cm³/mol. The van der Waals surface area contributed by atoms with Gasteiger partial charge in [-0.3, -0.25) is 4.79 Å². The number of sulfonamides is 1. The Morgan fingerprint density at radius 3 is 2.78 bits per heavy atom. The first-order chi connectivity index (χ1) is 10.8. The summed E-state index contributed by atoms with van der Waals surface area (Å²) in [6, 6.07) is 4.78. The van der Waals surface area contributed by atoms with Gasteiger partial charge in [0.2, 0.25) is 15.9 Å². The van der Waals surface area contributed by atoms with Gasteiger partial charge in [0.05, 0.1) is 4.90 Å². The van der Waals surface area contributed by atoms with Gasteiger partial charge in [-0.2, -0.15) is 4.31 Å². The van der Waals surface area contributed by atoms with E-state index in [1.165, 1.54) is 6.92 Å². The van der Waals surface area contributed by atoms with Crippen LogP contribution in [0.3, 0.4) is 0 Å². The second-order valence-electron chi connectivity index (χ2n) is 5.95. The minimum atomic E-state index is -3.55. The standard InChI is InChI=1S/C16H23ClN2O3S/c1-12-11-14(17)6-7-16(12)23(21,22)19-10-4-3-5-15(19)8-9-18-13(2)20/h6-7,11,15H,3-5,8-10H2,1-2H3,(H,18,20)/t15-/m1/s1. The number of nitrogens with zero attached hydrogens (tertiary/aromatic N) is 1. The van der Waals surface area contributed by atoms with Gasteiger partial charge < -0.3 is 5.32 Å². The molecule has 2 rings (SSSR count). The van der Waals surface area contributed by atoms with Crippen molar-refractivity contribution < 1.29 is 13.2 Å². The fourth-order valence-corrected chi connectivity index (χ4v) is 5.18. The van der Waals surface area contributed by atoms with Crippen molar-refractivity contribution in [3.8, 4) is 0 Å². The van der Waals surface area contributed by atoms with Gasteiger partial charge in [0.25, 0.3) is 0 Å². The summed E-state index contributed by atoms with van der Waals surface area (Å²) >= 11 is 5.93. The summed E-state index contributed by atoms with van der Waals surface area (Å²) < 4.78 is 27.6. The van der Waals surface area contributed by atoms with E-state index in [1.807, 2.05) is 0 Å². The molecule has 1 heterocycles. The maximum Gasteiger partial charge on any atom is 0.243 e. The third kappa shape index (κ3) is 4.46. The molecule has 1 aliphatic rings. The Labute approximate surface area is 143 Å². The molecule has 0 bridgehead atoms. The summed E-state index contributed by atoms with van der Waals surface area (Å²) in [5.74, 6) is -0.0937. The number of aryl methyl sites for hydroxylation is 1. The van der Waals surface area contributed by atoms with E-state index < -0.39 is 10.0 Å². The molecule has 0 aromatic heterocycles. The lowest BCUT2D eigenvalue weighted by Crippen LogP contribution is -2.45. The molecule has 0 spiro atoms. The van der Waals surface area contributed by atoms with Crippen LogP contribution in [0.25, 0.3) is 0 Å². The van der Waals surface area contributed by atoms with Crippen LogP contribution in [0.4, 0.5) is 0 Å². The van der Waals surface area contributed by atoms with Crippen molar-refractivity contribution in [3.05, 3.63) is 28.8 Å². The van der Waals surface area contributed by atoms with Crippen LogP contribution in [0.15, 0.2) is 23.1 Å². The molecule has 1 amide bonds. The molecule has 0 aliphatic carbocycles. The van der Waals surface area contributed by atoms with Gasteiger partial charge in [-0.25, -0.2) is 8.42 Å². The molecular weight excluding hydrogens is 336 g/mol. The highest BCUT2D eigenvalue weighted by molar-refractivity contribution is 7.89. The van der Waals surface area contributed by atoms with Crippen LogP contribution in [0.5, 0.6) is 0 Å². The van der Waals surface area contributed by atoms with Crippen molar-refractivity contribution in [3.63, 3.8) is 0 Å². The molecule has 128 valence electrons. The fourth-order valence-electron chi connectivity index (χ4n) is 3.02. The van der Waals surface area contributed by atoms with Crippen LogP contribution >= 0.6 is 11.6 Å². The number of nitrogens with one attached hydrogen (secondary N) is 1. The Bertz CT molecular complexity index is 676. The van der Waals surface area contributed by atoms with Crippen LogP contribution in [-0.4, -0.2) is 37.8 Å². The molecule has 7 heteroatoms. The topological polar surface area (TPSA) is 66.5 Å². The zero-order valence-electron chi connectivity index (χ0n) is 13.5. The van der Waals surface area contributed by atoms with Crippen molar-refractivity contribution in [2.24, 2.45) is 0 Å². The lowest BCUT2D eigenvalue weighted by Gasteiger charge is -2.35. The van der Waals surface area contributed by atoms with E-state index >= 15 is 0 Å². The summed E-state index contributed by atoms with van der Waals surface area (Å²) in [6.07, 6.45) is 3.33. The first-order valence-electron chi connectivity index (χ1n) is 7.85. The highest BCUT2D eigenvalue weighted by Gasteiger charge is 2.34. The van der Waals surface area contributed by atoms with Crippen molar-refractivity contribution in [1.29, 1.82) is 0 Å². The first kappa shape index (κ1) is 18.2. The van der Waals surface area contributed by atoms with E-state index in [2.05, 4.69) is 5.32 Å². The van der Waals surface area contributed by atoms with Crippen LogP contribution in [0.1, 0.15) is 38.2 Å². The van der Waals surface area contributed by atoms with E-state index in [9.17, 15) is 13.2 Å². The Hall–Kier alpha value is -1.11. The number of amides is 1. The largest absolute Gasteiger partial charge is 0.356 e. The quantitative estimate of drug-likeness (QED) is 0.880. The van der Waals surface area contributed by atoms with Gasteiger partial charge in [0.15, 0.2) is 0 Å². The van der Waals surface area contributed by atoms with Crippen molar-refractivity contribution in [2.75, 3.05) is 13.1 Å². The number of carbonyl (C=O) groups excluding carboxylic acids is 1. The number of piperidine rings is 1. The summed E-state index contributed by atoms with van der Waals surface area (Å²) in [5, 5.41) is 3.28. The summed E-state index contributed by atoms with van der Waals surface area (Å²) in [7, 11) is -3.55. The van der Waals surface area contributed by atoms with E-state index in [4.69, 9.17) is 11.6 Å². The van der Waals surface area contributed by atoms with Gasteiger partial charge in [-0.15, -0.1) is 0 Å². The van der Waals surface area contributed by atoms with E-state index in [1.54, 1.807) is 29.4 Å². The molecule has 1 atom stereocenters. The summed E-state index contributed by atoms with van der Waals surface area (Å²) in [6.45, 7) is 4.24. The number of halogens is 1. The van der Waals surface area contributed by atoms with Crippen molar-refractivity contribution in [1.82, 2.24) is 9.62 Å². The second kappa shape index (κ2) is 7.64. The first-order valence-corrected chi connectivity index (χ1v) is 9.66. The summed E-state index contributed by atoms with van der Waals surface area (Å²) in [5.41, 5.74) is 0.656. The van der Waals surface area contributed by atoms with Crippen molar-refractivity contribution >= 4 is 27.5 Å². The molecule has 0 saturated carbocycles. The number of hydrogen-bond donors (Lipinski definition) is 1. The molecule has 1 aromatic carbocycles. The third-order valence-corrected chi connectivity index (χ3v) is 6.50. The smallest absolute Gasteiger partial charge is 0.243 e. The number of hydrogen-bond acceptors (Lipinski definition) is 3. The zero-order chi connectivity index (χ0) is 17.0. The monoisotopic (exact) mass is 358 g/mol. The normalized spacial score (nSPS) is 19.5. The molecule has 1 saturated heterocycles. The zero-order valence-corrected chi connectivity index (χ0v) is 15.1. The molecule has 1 aromatic rings. The third-order valence-electron chi connectivity index (χ3n) is 4.15. The van der Waals surface area contributed by atoms with E-state index in [0.717, 1.165) is 19.3 Å². The minimum absolute atomic E-state index is 0.0734. The average molecular weight is 359 g/mol. The lowest BCUT2D eigenvalue weighted by molar-refractivity contribution is -0.119. The number of carbonyl (C=O) groups is 1. The van der Waals surface area contributed by atoms with Gasteiger partial charge in [-0.05, 0) is 49.9 Å². The Balaban J connectivity index is 2.22. The van der Waals surface area contributed by atoms with Crippen LogP contribution < -0.4 is 5.32 Å². The molecular formula is C16H23ClN2O3S. The predicted octanol–water partition coefficient (Wildman–Crippen LogP) is 2.72. The van der Waals surface area contributed by atoms with E-state index in [0.29, 0.717) is 35.0 Å². The Morgan fingerprint density at radius 1 is 1.39 bits per heavy atom. The Morgan fingerprint density at radius 2 is 2.13 bits per heavy atom.